The van der Waals surface area contributed by atoms with Gasteiger partial charge in [0.15, 0.2) is 5.65 Å². The molecule has 0 atom stereocenters. The van der Waals surface area contributed by atoms with Crippen LogP contribution in [0.4, 0.5) is 5.82 Å². The highest BCUT2D eigenvalue weighted by atomic mass is 16.1. The lowest BCUT2D eigenvalue weighted by atomic mass is 9.95. The molecule has 1 N–H and O–H groups in total. The molecule has 0 bridgehead atoms. The van der Waals surface area contributed by atoms with Gasteiger partial charge in [-0.05, 0) is 36.6 Å². The summed E-state index contributed by atoms with van der Waals surface area (Å²) in [6.45, 7) is 2.05. The largest absolute Gasteiger partial charge is 0.356 e. The van der Waals surface area contributed by atoms with E-state index in [2.05, 4.69) is 30.3 Å². The Hall–Kier alpha value is -3.81. The number of nitrogens with zero attached hydrogens (tertiary/aromatic N) is 6. The number of hydrogen-bond acceptors (Lipinski definition) is 6. The van der Waals surface area contributed by atoms with Crippen LogP contribution in [0.15, 0.2) is 67.4 Å². The lowest BCUT2D eigenvalue weighted by Crippen LogP contribution is -2.40. The van der Waals surface area contributed by atoms with Crippen molar-refractivity contribution in [3.05, 3.63) is 72.9 Å². The van der Waals surface area contributed by atoms with Crippen LogP contribution in [0, 0.1) is 5.92 Å². The zero-order chi connectivity index (χ0) is 21.0. The minimum absolute atomic E-state index is 0.0114. The molecule has 0 unspecified atom stereocenters. The highest BCUT2D eigenvalue weighted by Crippen LogP contribution is 2.28. The Balaban J connectivity index is 1.26. The van der Waals surface area contributed by atoms with Gasteiger partial charge in [0.2, 0.25) is 5.91 Å². The highest BCUT2D eigenvalue weighted by molar-refractivity contribution is 5.88. The van der Waals surface area contributed by atoms with Gasteiger partial charge in [-0.1, -0.05) is 24.3 Å². The van der Waals surface area contributed by atoms with E-state index in [1.54, 1.807) is 18.7 Å². The SMILES string of the molecule is O=C(NCc1cccnc1)C1CCN(c2ncnc3c2cnn3-c2ccccc2)CC1. The average Bonchev–Trinajstić information content (AvgIpc) is 3.28. The molecule has 8 nitrogen and oxygen atoms in total. The predicted octanol–water partition coefficient (Wildman–Crippen LogP) is 2.74. The first-order chi connectivity index (χ1) is 15.3. The van der Waals surface area contributed by atoms with Crippen LogP contribution in [0.3, 0.4) is 0 Å². The molecule has 1 amide bonds. The van der Waals surface area contributed by atoms with Crippen LogP contribution < -0.4 is 10.2 Å². The van der Waals surface area contributed by atoms with Crippen LogP contribution in [-0.2, 0) is 11.3 Å². The summed E-state index contributed by atoms with van der Waals surface area (Å²) in [5, 5.41) is 8.50. The molecular weight excluding hydrogens is 390 g/mol. The number of rotatable bonds is 5. The molecular formula is C23H23N7O. The molecule has 0 aliphatic carbocycles. The Labute approximate surface area is 180 Å². The summed E-state index contributed by atoms with van der Waals surface area (Å²) in [7, 11) is 0. The van der Waals surface area contributed by atoms with Crippen LogP contribution in [0.1, 0.15) is 18.4 Å². The van der Waals surface area contributed by atoms with Gasteiger partial charge in [-0.25, -0.2) is 14.6 Å². The van der Waals surface area contributed by atoms with Gasteiger partial charge in [0.1, 0.15) is 12.1 Å². The molecule has 31 heavy (non-hydrogen) atoms. The quantitative estimate of drug-likeness (QED) is 0.541. The van der Waals surface area contributed by atoms with Crippen LogP contribution in [-0.4, -0.2) is 43.7 Å². The molecule has 8 heteroatoms. The fraction of sp³-hybridized carbons (Fsp3) is 0.261. The molecule has 0 saturated carbocycles. The van der Waals surface area contributed by atoms with Crippen molar-refractivity contribution in [2.45, 2.75) is 19.4 Å². The van der Waals surface area contributed by atoms with E-state index in [9.17, 15) is 4.79 Å². The number of amides is 1. The van der Waals surface area contributed by atoms with Crippen molar-refractivity contribution in [3.8, 4) is 5.69 Å². The maximum atomic E-state index is 12.6. The number of pyridine rings is 1. The van der Waals surface area contributed by atoms with Crippen LogP contribution in [0.5, 0.6) is 0 Å². The summed E-state index contributed by atoms with van der Waals surface area (Å²) in [4.78, 5) is 27.9. The number of anilines is 1. The molecule has 4 aromatic rings. The van der Waals surface area contributed by atoms with E-state index in [-0.39, 0.29) is 11.8 Å². The predicted molar refractivity (Wildman–Crippen MR) is 118 cm³/mol. The van der Waals surface area contributed by atoms with Crippen molar-refractivity contribution >= 4 is 22.8 Å². The van der Waals surface area contributed by atoms with Gasteiger partial charge >= 0.3 is 0 Å². The number of carbonyl (C=O) groups is 1. The third-order valence-corrected chi connectivity index (χ3v) is 5.70. The van der Waals surface area contributed by atoms with E-state index in [0.717, 1.165) is 54.0 Å². The summed E-state index contributed by atoms with van der Waals surface area (Å²) in [6, 6.07) is 13.8. The number of aromatic nitrogens is 5. The Morgan fingerprint density at radius 3 is 2.65 bits per heavy atom. The fourth-order valence-electron chi connectivity index (χ4n) is 4.03. The second-order valence-electron chi connectivity index (χ2n) is 7.67. The van der Waals surface area contributed by atoms with Gasteiger partial charge in [-0.2, -0.15) is 5.10 Å². The first kappa shape index (κ1) is 19.2. The van der Waals surface area contributed by atoms with Crippen molar-refractivity contribution in [3.63, 3.8) is 0 Å². The van der Waals surface area contributed by atoms with Crippen LogP contribution in [0.2, 0.25) is 0 Å². The first-order valence-electron chi connectivity index (χ1n) is 10.5. The van der Waals surface area contributed by atoms with Crippen molar-refractivity contribution in [1.29, 1.82) is 0 Å². The number of benzene rings is 1. The van der Waals surface area contributed by atoms with Gasteiger partial charge < -0.3 is 10.2 Å². The van der Waals surface area contributed by atoms with Crippen LogP contribution in [0.25, 0.3) is 16.7 Å². The topological polar surface area (TPSA) is 88.8 Å². The van der Waals surface area contributed by atoms with Crippen molar-refractivity contribution in [2.24, 2.45) is 5.92 Å². The number of hydrogen-bond donors (Lipinski definition) is 1. The molecule has 1 aliphatic heterocycles. The maximum absolute atomic E-state index is 12.6. The van der Waals surface area contributed by atoms with Crippen molar-refractivity contribution in [2.75, 3.05) is 18.0 Å². The van der Waals surface area contributed by atoms with Crippen LogP contribution >= 0.6 is 0 Å². The minimum atomic E-state index is 0.0114. The Bertz CT molecular complexity index is 1170. The van der Waals surface area contributed by atoms with Crippen molar-refractivity contribution in [1.82, 2.24) is 30.0 Å². The molecule has 1 aliphatic rings. The smallest absolute Gasteiger partial charge is 0.223 e. The Morgan fingerprint density at radius 1 is 1.03 bits per heavy atom. The third-order valence-electron chi connectivity index (χ3n) is 5.70. The second-order valence-corrected chi connectivity index (χ2v) is 7.67. The number of carbonyl (C=O) groups excluding carboxylic acids is 1. The molecule has 1 fully saturated rings. The van der Waals surface area contributed by atoms with E-state index in [4.69, 9.17) is 0 Å². The number of fused-ring (bicyclic) bond motifs is 1. The lowest BCUT2D eigenvalue weighted by Gasteiger charge is -2.32. The molecule has 4 heterocycles. The fourth-order valence-corrected chi connectivity index (χ4v) is 4.03. The summed E-state index contributed by atoms with van der Waals surface area (Å²) in [5.41, 5.74) is 2.76. The molecule has 3 aromatic heterocycles. The van der Waals surface area contributed by atoms with Gasteiger partial charge in [-0.15, -0.1) is 0 Å². The highest BCUT2D eigenvalue weighted by Gasteiger charge is 2.27. The maximum Gasteiger partial charge on any atom is 0.223 e. The number of para-hydroxylation sites is 1. The average molecular weight is 413 g/mol. The van der Waals surface area contributed by atoms with Gasteiger partial charge in [0.05, 0.1) is 17.3 Å². The van der Waals surface area contributed by atoms with Gasteiger partial charge in [-0.3, -0.25) is 9.78 Å². The molecule has 5 rings (SSSR count). The van der Waals surface area contributed by atoms with Crippen molar-refractivity contribution < 1.29 is 4.79 Å². The number of nitrogens with one attached hydrogen (secondary N) is 1. The summed E-state index contributed by atoms with van der Waals surface area (Å²) < 4.78 is 1.83. The van der Waals surface area contributed by atoms with E-state index < -0.39 is 0 Å². The molecule has 0 spiro atoms. The van der Waals surface area contributed by atoms with E-state index in [1.165, 1.54) is 0 Å². The molecule has 1 saturated heterocycles. The standard InChI is InChI=1S/C23H23N7O/c31-23(25-14-17-5-4-10-24-13-17)18-8-11-29(12-9-18)21-20-15-28-30(22(20)27-16-26-21)19-6-2-1-3-7-19/h1-7,10,13,15-16,18H,8-9,11-12,14H2,(H,25,31). The summed E-state index contributed by atoms with van der Waals surface area (Å²) >= 11 is 0. The third kappa shape index (κ3) is 3.96. The first-order valence-corrected chi connectivity index (χ1v) is 10.5. The van der Waals surface area contributed by atoms with E-state index >= 15 is 0 Å². The summed E-state index contributed by atoms with van der Waals surface area (Å²) in [6.07, 6.45) is 8.50. The Kier molecular flexibility index (Phi) is 5.26. The zero-order valence-electron chi connectivity index (χ0n) is 17.1. The molecule has 1 aromatic carbocycles. The van der Waals surface area contributed by atoms with E-state index in [1.807, 2.05) is 53.3 Å². The van der Waals surface area contributed by atoms with Gasteiger partial charge in [0, 0.05) is 37.9 Å². The zero-order valence-corrected chi connectivity index (χ0v) is 17.1. The lowest BCUT2D eigenvalue weighted by molar-refractivity contribution is -0.125. The summed E-state index contributed by atoms with van der Waals surface area (Å²) in [5.74, 6) is 0.993. The minimum Gasteiger partial charge on any atom is -0.356 e. The second kappa shape index (κ2) is 8.51. The molecule has 0 radical (unpaired) electrons. The Morgan fingerprint density at radius 2 is 1.87 bits per heavy atom. The van der Waals surface area contributed by atoms with Gasteiger partial charge in [0.25, 0.3) is 0 Å². The van der Waals surface area contributed by atoms with E-state index in [0.29, 0.717) is 6.54 Å². The molecule has 156 valence electrons. The monoisotopic (exact) mass is 413 g/mol. The normalized spacial score (nSPS) is 14.6. The number of piperidine rings is 1.